The van der Waals surface area contributed by atoms with Crippen molar-refractivity contribution in [2.45, 2.75) is 50.5 Å². The largest absolute Gasteiger partial charge is 0.325 e. The molecule has 5 nitrogen and oxygen atoms in total. The number of amides is 1. The lowest BCUT2D eigenvalue weighted by Crippen LogP contribution is -2.30. The SMILES string of the molecule is Cc1ccc(S(C)(=O)=O)cc1NC(=O)CN[C@@H](C)c1ccc2c(c1)CCCC2. The molecule has 28 heavy (non-hydrogen) atoms. The Hall–Kier alpha value is -2.18. The average molecular weight is 401 g/mol. The summed E-state index contributed by atoms with van der Waals surface area (Å²) in [4.78, 5) is 12.6. The van der Waals surface area contributed by atoms with Crippen LogP contribution in [0.15, 0.2) is 41.3 Å². The van der Waals surface area contributed by atoms with Gasteiger partial charge in [-0.2, -0.15) is 0 Å². The molecule has 0 saturated carbocycles. The second-order valence-electron chi connectivity index (χ2n) is 7.63. The van der Waals surface area contributed by atoms with Crippen molar-refractivity contribution in [2.24, 2.45) is 0 Å². The second-order valence-corrected chi connectivity index (χ2v) is 9.65. The van der Waals surface area contributed by atoms with Gasteiger partial charge in [0.15, 0.2) is 9.84 Å². The summed E-state index contributed by atoms with van der Waals surface area (Å²) in [5, 5.41) is 6.07. The van der Waals surface area contributed by atoms with E-state index in [4.69, 9.17) is 0 Å². The molecular weight excluding hydrogens is 372 g/mol. The highest BCUT2D eigenvalue weighted by molar-refractivity contribution is 7.90. The molecule has 0 aliphatic heterocycles. The van der Waals surface area contributed by atoms with Crippen molar-refractivity contribution in [3.8, 4) is 0 Å². The first-order chi connectivity index (χ1) is 13.2. The summed E-state index contributed by atoms with van der Waals surface area (Å²) < 4.78 is 23.5. The highest BCUT2D eigenvalue weighted by atomic mass is 32.2. The number of fused-ring (bicyclic) bond motifs is 1. The monoisotopic (exact) mass is 400 g/mol. The van der Waals surface area contributed by atoms with Gasteiger partial charge in [0, 0.05) is 18.0 Å². The van der Waals surface area contributed by atoms with E-state index in [2.05, 4.69) is 28.8 Å². The number of nitrogens with one attached hydrogen (secondary N) is 2. The molecule has 0 heterocycles. The number of hydrogen-bond acceptors (Lipinski definition) is 4. The van der Waals surface area contributed by atoms with Crippen molar-refractivity contribution in [1.29, 1.82) is 0 Å². The van der Waals surface area contributed by atoms with Crippen molar-refractivity contribution in [2.75, 3.05) is 18.1 Å². The number of carbonyl (C=O) groups is 1. The van der Waals surface area contributed by atoms with E-state index < -0.39 is 9.84 Å². The van der Waals surface area contributed by atoms with Crippen LogP contribution in [0.3, 0.4) is 0 Å². The van der Waals surface area contributed by atoms with Crippen LogP contribution in [0.2, 0.25) is 0 Å². The molecule has 0 radical (unpaired) electrons. The Kier molecular flexibility index (Phi) is 6.20. The zero-order valence-corrected chi connectivity index (χ0v) is 17.5. The van der Waals surface area contributed by atoms with Crippen molar-refractivity contribution in [3.63, 3.8) is 0 Å². The molecule has 0 spiro atoms. The van der Waals surface area contributed by atoms with Gasteiger partial charge in [-0.25, -0.2) is 8.42 Å². The van der Waals surface area contributed by atoms with Gasteiger partial charge in [0.05, 0.1) is 11.4 Å². The van der Waals surface area contributed by atoms with Crippen LogP contribution in [0, 0.1) is 6.92 Å². The van der Waals surface area contributed by atoms with Crippen LogP contribution >= 0.6 is 0 Å². The Morgan fingerprint density at radius 3 is 2.50 bits per heavy atom. The standard InChI is InChI=1S/C22H28N2O3S/c1-15-8-11-20(28(3,26)27)13-21(15)24-22(25)14-23-16(2)18-10-9-17-6-4-5-7-19(17)12-18/h8-13,16,23H,4-7,14H2,1-3H3,(H,24,25)/t16-/m0/s1. The summed E-state index contributed by atoms with van der Waals surface area (Å²) in [6, 6.07) is 11.4. The number of carbonyl (C=O) groups excluding carboxylic acids is 1. The summed E-state index contributed by atoms with van der Waals surface area (Å²) in [5.74, 6) is -0.196. The third-order valence-electron chi connectivity index (χ3n) is 5.35. The Labute approximate surface area is 167 Å². The van der Waals surface area contributed by atoms with Crippen LogP contribution in [0.25, 0.3) is 0 Å². The number of sulfone groups is 1. The fourth-order valence-electron chi connectivity index (χ4n) is 3.55. The minimum absolute atomic E-state index is 0.0569. The lowest BCUT2D eigenvalue weighted by molar-refractivity contribution is -0.115. The van der Waals surface area contributed by atoms with Gasteiger partial charge >= 0.3 is 0 Å². The Bertz CT molecular complexity index is 983. The van der Waals surface area contributed by atoms with Crippen molar-refractivity contribution in [1.82, 2.24) is 5.32 Å². The Balaban J connectivity index is 1.61. The van der Waals surface area contributed by atoms with E-state index in [1.807, 2.05) is 13.8 Å². The van der Waals surface area contributed by atoms with Gasteiger partial charge in [-0.05, 0) is 73.9 Å². The fraction of sp³-hybridized carbons (Fsp3) is 0.409. The smallest absolute Gasteiger partial charge is 0.238 e. The summed E-state index contributed by atoms with van der Waals surface area (Å²) in [6.45, 7) is 4.04. The molecule has 0 bridgehead atoms. The minimum atomic E-state index is -3.31. The molecule has 3 rings (SSSR count). The van der Waals surface area contributed by atoms with Gasteiger partial charge in [-0.3, -0.25) is 4.79 Å². The predicted octanol–water partition coefficient (Wildman–Crippen LogP) is 3.57. The third-order valence-corrected chi connectivity index (χ3v) is 6.46. The van der Waals surface area contributed by atoms with E-state index in [-0.39, 0.29) is 23.4 Å². The van der Waals surface area contributed by atoms with Crippen molar-refractivity contribution < 1.29 is 13.2 Å². The van der Waals surface area contributed by atoms with E-state index in [0.717, 1.165) is 24.7 Å². The molecule has 2 aromatic carbocycles. The van der Waals surface area contributed by atoms with Crippen molar-refractivity contribution >= 4 is 21.4 Å². The maximum Gasteiger partial charge on any atom is 0.238 e. The normalized spacial score (nSPS) is 15.0. The highest BCUT2D eigenvalue weighted by Gasteiger charge is 2.14. The summed E-state index contributed by atoms with van der Waals surface area (Å²) in [6.07, 6.45) is 5.95. The molecule has 1 aliphatic rings. The number of anilines is 1. The van der Waals surface area contributed by atoms with Crippen LogP contribution in [-0.2, 0) is 27.5 Å². The molecule has 6 heteroatoms. The number of hydrogen-bond donors (Lipinski definition) is 2. The molecule has 1 atom stereocenters. The molecule has 0 fully saturated rings. The first-order valence-corrected chi connectivity index (χ1v) is 11.6. The number of rotatable bonds is 6. The average Bonchev–Trinajstić information content (AvgIpc) is 2.66. The van der Waals surface area contributed by atoms with Gasteiger partial charge in [-0.15, -0.1) is 0 Å². The molecule has 2 aromatic rings. The molecule has 0 aromatic heterocycles. The molecular formula is C22H28N2O3S. The first kappa shape index (κ1) is 20.6. The molecule has 0 saturated heterocycles. The van der Waals surface area contributed by atoms with E-state index in [1.54, 1.807) is 12.1 Å². The molecule has 150 valence electrons. The molecule has 0 unspecified atom stereocenters. The zero-order valence-electron chi connectivity index (χ0n) is 16.7. The zero-order chi connectivity index (χ0) is 20.3. The highest BCUT2D eigenvalue weighted by Crippen LogP contribution is 2.25. The van der Waals surface area contributed by atoms with Crippen molar-refractivity contribution in [3.05, 3.63) is 58.7 Å². The second kappa shape index (κ2) is 8.45. The predicted molar refractivity (Wildman–Crippen MR) is 112 cm³/mol. The summed E-state index contributed by atoms with van der Waals surface area (Å²) in [5.41, 5.74) is 5.40. The number of benzene rings is 2. The molecule has 2 N–H and O–H groups in total. The number of aryl methyl sites for hydroxylation is 3. The van der Waals surface area contributed by atoms with Crippen LogP contribution < -0.4 is 10.6 Å². The topological polar surface area (TPSA) is 75.3 Å². The van der Waals surface area contributed by atoms with E-state index in [9.17, 15) is 13.2 Å². The third kappa shape index (κ3) is 5.00. The van der Waals surface area contributed by atoms with Gasteiger partial charge in [-0.1, -0.05) is 24.3 Å². The summed E-state index contributed by atoms with van der Waals surface area (Å²) in [7, 11) is -3.31. The quantitative estimate of drug-likeness (QED) is 0.777. The maximum atomic E-state index is 12.4. The van der Waals surface area contributed by atoms with Crippen LogP contribution in [0.4, 0.5) is 5.69 Å². The lowest BCUT2D eigenvalue weighted by Gasteiger charge is -2.20. The van der Waals surface area contributed by atoms with Crippen LogP contribution in [-0.4, -0.2) is 27.1 Å². The Morgan fingerprint density at radius 1 is 1.07 bits per heavy atom. The minimum Gasteiger partial charge on any atom is -0.325 e. The summed E-state index contributed by atoms with van der Waals surface area (Å²) >= 11 is 0. The van der Waals surface area contributed by atoms with Crippen LogP contribution in [0.1, 0.15) is 48.1 Å². The lowest BCUT2D eigenvalue weighted by atomic mass is 9.89. The van der Waals surface area contributed by atoms with Gasteiger partial charge in [0.2, 0.25) is 5.91 Å². The van der Waals surface area contributed by atoms with Gasteiger partial charge in [0.1, 0.15) is 0 Å². The molecule has 1 aliphatic carbocycles. The fourth-order valence-corrected chi connectivity index (χ4v) is 4.19. The Morgan fingerprint density at radius 2 is 1.79 bits per heavy atom. The van der Waals surface area contributed by atoms with Crippen LogP contribution in [0.5, 0.6) is 0 Å². The van der Waals surface area contributed by atoms with E-state index in [1.165, 1.54) is 35.6 Å². The van der Waals surface area contributed by atoms with E-state index in [0.29, 0.717) is 5.69 Å². The van der Waals surface area contributed by atoms with E-state index >= 15 is 0 Å². The maximum absolute atomic E-state index is 12.4. The van der Waals surface area contributed by atoms with Gasteiger partial charge < -0.3 is 10.6 Å². The van der Waals surface area contributed by atoms with Gasteiger partial charge in [0.25, 0.3) is 0 Å². The first-order valence-electron chi connectivity index (χ1n) is 9.69. The molecule has 1 amide bonds.